The minimum atomic E-state index is 0.815. The molecule has 0 amide bonds. The van der Waals surface area contributed by atoms with E-state index in [1.807, 2.05) is 36.4 Å². The van der Waals surface area contributed by atoms with Gasteiger partial charge in [-0.25, -0.2) is 4.98 Å². The number of fused-ring (bicyclic) bond motifs is 1. The van der Waals surface area contributed by atoms with Gasteiger partial charge in [0.05, 0.1) is 17.3 Å². The molecular weight excluding hydrogens is 230 g/mol. The van der Waals surface area contributed by atoms with Crippen molar-refractivity contribution in [2.75, 3.05) is 7.11 Å². The molecule has 1 heterocycles. The average Bonchev–Trinajstić information content (AvgIpc) is 2.82. The molecule has 3 heteroatoms. The molecule has 0 spiro atoms. The maximum atomic E-state index is 5.12. The molecule has 0 saturated heterocycles. The van der Waals surface area contributed by atoms with Gasteiger partial charge in [-0.1, -0.05) is 12.1 Å². The molecule has 1 radical (unpaired) electrons. The summed E-state index contributed by atoms with van der Waals surface area (Å²) in [4.78, 5) is 4.58. The van der Waals surface area contributed by atoms with Crippen molar-refractivity contribution in [3.05, 3.63) is 48.5 Å². The average molecular weight is 240 g/mol. The van der Waals surface area contributed by atoms with Crippen molar-refractivity contribution in [2.45, 2.75) is 0 Å². The number of aromatic nitrogens is 1. The van der Waals surface area contributed by atoms with Crippen LogP contribution in [0.5, 0.6) is 5.75 Å². The molecule has 0 fully saturated rings. The van der Waals surface area contributed by atoms with Crippen LogP contribution in [0.1, 0.15) is 0 Å². The lowest BCUT2D eigenvalue weighted by Gasteiger charge is -1.99. The third kappa shape index (κ3) is 1.89. The number of methoxy groups -OCH3 is 1. The number of para-hydroxylation sites is 1. The zero-order valence-corrected chi connectivity index (χ0v) is 10.1. The summed E-state index contributed by atoms with van der Waals surface area (Å²) in [7, 11) is 1.65. The predicted molar refractivity (Wildman–Crippen MR) is 70.4 cm³/mol. The van der Waals surface area contributed by atoms with Crippen molar-refractivity contribution in [1.82, 2.24) is 4.98 Å². The summed E-state index contributed by atoms with van der Waals surface area (Å²) < 4.78 is 6.32. The molecule has 3 aromatic rings. The van der Waals surface area contributed by atoms with E-state index < -0.39 is 0 Å². The van der Waals surface area contributed by atoms with Crippen molar-refractivity contribution in [3.8, 4) is 16.3 Å². The molecule has 0 N–H and O–H groups in total. The molecule has 0 aliphatic rings. The Kier molecular flexibility index (Phi) is 2.53. The molecule has 0 aliphatic heterocycles. The maximum absolute atomic E-state index is 5.12. The summed E-state index contributed by atoms with van der Waals surface area (Å²) >= 11 is 1.68. The quantitative estimate of drug-likeness (QED) is 0.680. The number of hydrogen-bond acceptors (Lipinski definition) is 3. The van der Waals surface area contributed by atoms with E-state index in [1.165, 1.54) is 4.70 Å². The first kappa shape index (κ1) is 10.3. The van der Waals surface area contributed by atoms with Crippen LogP contribution < -0.4 is 4.74 Å². The Morgan fingerprint density at radius 2 is 2.06 bits per heavy atom. The maximum Gasteiger partial charge on any atom is 0.125 e. The second kappa shape index (κ2) is 4.18. The van der Waals surface area contributed by atoms with Gasteiger partial charge in [0, 0.05) is 5.56 Å². The van der Waals surface area contributed by atoms with Gasteiger partial charge in [-0.15, -0.1) is 11.3 Å². The van der Waals surface area contributed by atoms with Crippen LogP contribution in [0.15, 0.2) is 42.5 Å². The number of ether oxygens (including phenoxy) is 1. The summed E-state index contributed by atoms with van der Waals surface area (Å²) in [6.45, 7) is 0. The first-order chi connectivity index (χ1) is 8.36. The summed E-state index contributed by atoms with van der Waals surface area (Å²) in [6.07, 6.45) is 0. The SMILES string of the molecule is COc1c[c]c(-c2nc3ccccc3s2)cc1. The number of benzene rings is 2. The van der Waals surface area contributed by atoms with E-state index in [4.69, 9.17) is 4.74 Å². The first-order valence-electron chi connectivity index (χ1n) is 5.28. The molecule has 3 rings (SSSR count). The van der Waals surface area contributed by atoms with Gasteiger partial charge in [-0.2, -0.15) is 0 Å². The number of hydrogen-bond donors (Lipinski definition) is 0. The first-order valence-corrected chi connectivity index (χ1v) is 6.10. The fourth-order valence-electron chi connectivity index (χ4n) is 1.66. The molecule has 0 saturated carbocycles. The highest BCUT2D eigenvalue weighted by Crippen LogP contribution is 2.30. The fraction of sp³-hybridized carbons (Fsp3) is 0.0714. The molecule has 0 atom stereocenters. The van der Waals surface area contributed by atoms with Gasteiger partial charge in [0.1, 0.15) is 10.8 Å². The van der Waals surface area contributed by atoms with E-state index in [-0.39, 0.29) is 0 Å². The molecule has 0 unspecified atom stereocenters. The van der Waals surface area contributed by atoms with Crippen LogP contribution in [0.25, 0.3) is 20.8 Å². The van der Waals surface area contributed by atoms with E-state index in [9.17, 15) is 0 Å². The molecule has 2 nitrogen and oxygen atoms in total. The predicted octanol–water partition coefficient (Wildman–Crippen LogP) is 3.77. The number of nitrogens with zero attached hydrogens (tertiary/aromatic N) is 1. The zero-order chi connectivity index (χ0) is 11.7. The summed E-state index contributed by atoms with van der Waals surface area (Å²) in [5.74, 6) is 0.815. The van der Waals surface area contributed by atoms with E-state index in [2.05, 4.69) is 17.1 Å². The third-order valence-corrected chi connectivity index (χ3v) is 3.61. The van der Waals surface area contributed by atoms with Crippen LogP contribution in [0.4, 0.5) is 0 Å². The summed E-state index contributed by atoms with van der Waals surface area (Å²) in [5, 5.41) is 0.994. The van der Waals surface area contributed by atoms with Gasteiger partial charge >= 0.3 is 0 Å². The molecular formula is C14H10NOS. The molecule has 0 aliphatic carbocycles. The van der Waals surface area contributed by atoms with Crippen molar-refractivity contribution in [1.29, 1.82) is 0 Å². The number of rotatable bonds is 2. The van der Waals surface area contributed by atoms with Crippen molar-refractivity contribution >= 4 is 21.6 Å². The van der Waals surface area contributed by atoms with E-state index in [1.54, 1.807) is 18.4 Å². The van der Waals surface area contributed by atoms with Crippen molar-refractivity contribution < 1.29 is 4.74 Å². The van der Waals surface area contributed by atoms with Crippen molar-refractivity contribution in [3.63, 3.8) is 0 Å². The Bertz CT molecular complexity index is 610. The second-order valence-corrected chi connectivity index (χ2v) is 4.66. The Hall–Kier alpha value is -1.87. The van der Waals surface area contributed by atoms with E-state index in [0.717, 1.165) is 21.8 Å². The molecule has 1 aromatic heterocycles. The van der Waals surface area contributed by atoms with E-state index >= 15 is 0 Å². The molecule has 0 bridgehead atoms. The minimum Gasteiger partial charge on any atom is -0.497 e. The Morgan fingerprint density at radius 1 is 1.18 bits per heavy atom. The topological polar surface area (TPSA) is 22.1 Å². The standard InChI is InChI=1S/C14H10NOS/c1-16-11-8-6-10(7-9-11)14-15-12-4-2-3-5-13(12)17-14/h2-6,8-9H,1H3. The Labute approximate surface area is 104 Å². The zero-order valence-electron chi connectivity index (χ0n) is 9.31. The monoisotopic (exact) mass is 240 g/mol. The Morgan fingerprint density at radius 3 is 2.76 bits per heavy atom. The highest BCUT2D eigenvalue weighted by molar-refractivity contribution is 7.21. The smallest absolute Gasteiger partial charge is 0.125 e. The molecule has 2 aromatic carbocycles. The van der Waals surface area contributed by atoms with Crippen molar-refractivity contribution in [2.24, 2.45) is 0 Å². The molecule has 83 valence electrons. The van der Waals surface area contributed by atoms with Gasteiger partial charge in [-0.05, 0) is 36.4 Å². The highest BCUT2D eigenvalue weighted by Gasteiger charge is 2.05. The van der Waals surface area contributed by atoms with Crippen LogP contribution in [0.3, 0.4) is 0 Å². The van der Waals surface area contributed by atoms with Gasteiger partial charge in [-0.3, -0.25) is 0 Å². The molecule has 17 heavy (non-hydrogen) atoms. The fourth-order valence-corrected chi connectivity index (χ4v) is 2.61. The minimum absolute atomic E-state index is 0.815. The lowest BCUT2D eigenvalue weighted by Crippen LogP contribution is -1.82. The van der Waals surface area contributed by atoms with Crippen LogP contribution >= 0.6 is 11.3 Å². The second-order valence-electron chi connectivity index (χ2n) is 3.63. The summed E-state index contributed by atoms with van der Waals surface area (Å²) in [5.41, 5.74) is 2.05. The lowest BCUT2D eigenvalue weighted by atomic mass is 10.2. The van der Waals surface area contributed by atoms with E-state index in [0.29, 0.717) is 0 Å². The number of thiazole rings is 1. The largest absolute Gasteiger partial charge is 0.497 e. The Balaban J connectivity index is 2.07. The van der Waals surface area contributed by atoms with Crippen LogP contribution in [-0.4, -0.2) is 12.1 Å². The third-order valence-electron chi connectivity index (χ3n) is 2.54. The normalized spacial score (nSPS) is 10.6. The van der Waals surface area contributed by atoms with Crippen LogP contribution in [-0.2, 0) is 0 Å². The highest BCUT2D eigenvalue weighted by atomic mass is 32.1. The lowest BCUT2D eigenvalue weighted by molar-refractivity contribution is 0.415. The van der Waals surface area contributed by atoms with Crippen LogP contribution in [0.2, 0.25) is 0 Å². The van der Waals surface area contributed by atoms with Gasteiger partial charge < -0.3 is 4.74 Å². The van der Waals surface area contributed by atoms with Gasteiger partial charge in [0.25, 0.3) is 0 Å². The van der Waals surface area contributed by atoms with Gasteiger partial charge in [0.15, 0.2) is 0 Å². The van der Waals surface area contributed by atoms with Crippen LogP contribution in [0, 0.1) is 6.07 Å². The van der Waals surface area contributed by atoms with Gasteiger partial charge in [0.2, 0.25) is 0 Å². The summed E-state index contributed by atoms with van der Waals surface area (Å²) in [6, 6.07) is 17.1.